The fourth-order valence-corrected chi connectivity index (χ4v) is 2.01. The van der Waals surface area contributed by atoms with Gasteiger partial charge in [0.05, 0.1) is 0 Å². The minimum atomic E-state index is -0.728. The summed E-state index contributed by atoms with van der Waals surface area (Å²) in [7, 11) is 0. The highest BCUT2D eigenvalue weighted by molar-refractivity contribution is 6.06. The summed E-state index contributed by atoms with van der Waals surface area (Å²) in [4.78, 5) is 25.4. The van der Waals surface area contributed by atoms with Gasteiger partial charge in [0.2, 0.25) is 0 Å². The molecule has 1 heterocycles. The molecule has 0 aromatic rings. The van der Waals surface area contributed by atoms with E-state index in [1.165, 1.54) is 4.90 Å². The standard InChI is InChI=1S/C14H27N3O2/c1-7-14(6)11(18)17(12(19)16-14)9-10(2)8-15-13(3,4)5/h10,15H,7-9H2,1-6H3,(H,16,19). The number of carbonyl (C=O) groups excluding carboxylic acids is 2. The normalized spacial score (nSPS) is 25.7. The Morgan fingerprint density at radius 1 is 1.37 bits per heavy atom. The van der Waals surface area contributed by atoms with E-state index in [9.17, 15) is 9.59 Å². The summed E-state index contributed by atoms with van der Waals surface area (Å²) in [6.07, 6.45) is 0.614. The monoisotopic (exact) mass is 269 g/mol. The van der Waals surface area contributed by atoms with Crippen LogP contribution in [-0.4, -0.2) is 41.0 Å². The van der Waals surface area contributed by atoms with Gasteiger partial charge >= 0.3 is 6.03 Å². The van der Waals surface area contributed by atoms with Crippen molar-refractivity contribution in [3.8, 4) is 0 Å². The van der Waals surface area contributed by atoms with Crippen LogP contribution in [0.3, 0.4) is 0 Å². The van der Waals surface area contributed by atoms with Gasteiger partial charge in [0.15, 0.2) is 0 Å². The van der Waals surface area contributed by atoms with Crippen LogP contribution < -0.4 is 10.6 Å². The van der Waals surface area contributed by atoms with Crippen molar-refractivity contribution in [2.75, 3.05) is 13.1 Å². The molecule has 2 unspecified atom stereocenters. The van der Waals surface area contributed by atoms with Crippen LogP contribution in [0.1, 0.15) is 48.0 Å². The molecule has 1 fully saturated rings. The number of amides is 3. The number of hydrogen-bond acceptors (Lipinski definition) is 3. The summed E-state index contributed by atoms with van der Waals surface area (Å²) in [6.45, 7) is 13.3. The molecular formula is C14H27N3O2. The van der Waals surface area contributed by atoms with Crippen molar-refractivity contribution in [3.05, 3.63) is 0 Å². The zero-order chi connectivity index (χ0) is 14.8. The van der Waals surface area contributed by atoms with Crippen LogP contribution in [0.25, 0.3) is 0 Å². The first-order chi connectivity index (χ1) is 8.59. The van der Waals surface area contributed by atoms with E-state index in [0.717, 1.165) is 6.54 Å². The van der Waals surface area contributed by atoms with Gasteiger partial charge in [0.25, 0.3) is 5.91 Å². The Balaban J connectivity index is 2.58. The van der Waals surface area contributed by atoms with Crippen molar-refractivity contribution in [1.82, 2.24) is 15.5 Å². The predicted octanol–water partition coefficient (Wildman–Crippen LogP) is 1.73. The fourth-order valence-electron chi connectivity index (χ4n) is 2.01. The highest BCUT2D eigenvalue weighted by atomic mass is 16.2. The van der Waals surface area contributed by atoms with Crippen molar-refractivity contribution < 1.29 is 9.59 Å². The Hall–Kier alpha value is -1.10. The van der Waals surface area contributed by atoms with Gasteiger partial charge in [-0.05, 0) is 46.6 Å². The van der Waals surface area contributed by atoms with Crippen LogP contribution in [-0.2, 0) is 4.79 Å². The third-order valence-corrected chi connectivity index (χ3v) is 3.53. The fraction of sp³-hybridized carbons (Fsp3) is 0.857. The zero-order valence-electron chi connectivity index (χ0n) is 13.0. The van der Waals surface area contributed by atoms with E-state index in [-0.39, 0.29) is 23.4 Å². The van der Waals surface area contributed by atoms with Crippen LogP contribution in [0.4, 0.5) is 4.79 Å². The van der Waals surface area contributed by atoms with E-state index >= 15 is 0 Å². The maximum Gasteiger partial charge on any atom is 0.325 e. The molecule has 1 rings (SSSR count). The number of imide groups is 1. The maximum atomic E-state index is 12.2. The molecule has 0 aliphatic carbocycles. The molecule has 5 heteroatoms. The molecule has 3 amide bonds. The molecule has 0 saturated carbocycles. The third-order valence-electron chi connectivity index (χ3n) is 3.53. The van der Waals surface area contributed by atoms with Gasteiger partial charge in [-0.25, -0.2) is 4.79 Å². The Bertz CT molecular complexity index is 362. The summed E-state index contributed by atoms with van der Waals surface area (Å²) in [5.41, 5.74) is -0.683. The first-order valence-corrected chi connectivity index (χ1v) is 6.98. The first-order valence-electron chi connectivity index (χ1n) is 6.98. The lowest BCUT2D eigenvalue weighted by molar-refractivity contribution is -0.131. The van der Waals surface area contributed by atoms with E-state index in [1.807, 2.05) is 13.8 Å². The van der Waals surface area contributed by atoms with Gasteiger partial charge in [0, 0.05) is 12.1 Å². The maximum absolute atomic E-state index is 12.2. The Morgan fingerprint density at radius 2 is 1.95 bits per heavy atom. The van der Waals surface area contributed by atoms with Gasteiger partial charge in [0.1, 0.15) is 5.54 Å². The Morgan fingerprint density at radius 3 is 2.37 bits per heavy atom. The van der Waals surface area contributed by atoms with Crippen LogP contribution in [0.2, 0.25) is 0 Å². The molecule has 110 valence electrons. The largest absolute Gasteiger partial charge is 0.325 e. The summed E-state index contributed by atoms with van der Waals surface area (Å²) < 4.78 is 0. The molecule has 5 nitrogen and oxygen atoms in total. The van der Waals surface area contributed by atoms with E-state index in [4.69, 9.17) is 0 Å². The minimum absolute atomic E-state index is 0.0451. The van der Waals surface area contributed by atoms with Gasteiger partial charge in [-0.1, -0.05) is 13.8 Å². The van der Waals surface area contributed by atoms with Crippen molar-refractivity contribution in [2.24, 2.45) is 5.92 Å². The molecule has 1 saturated heterocycles. The molecule has 19 heavy (non-hydrogen) atoms. The van der Waals surface area contributed by atoms with E-state index in [0.29, 0.717) is 13.0 Å². The van der Waals surface area contributed by atoms with Crippen molar-refractivity contribution in [3.63, 3.8) is 0 Å². The molecule has 2 N–H and O–H groups in total. The van der Waals surface area contributed by atoms with Gasteiger partial charge in [-0.15, -0.1) is 0 Å². The molecule has 0 bridgehead atoms. The summed E-state index contributed by atoms with van der Waals surface area (Å²) >= 11 is 0. The molecule has 0 aromatic heterocycles. The number of nitrogens with zero attached hydrogens (tertiary/aromatic N) is 1. The van der Waals surface area contributed by atoms with E-state index in [1.54, 1.807) is 6.92 Å². The summed E-state index contributed by atoms with van der Waals surface area (Å²) in [5, 5.41) is 6.16. The van der Waals surface area contributed by atoms with Crippen LogP contribution in [0, 0.1) is 5.92 Å². The number of carbonyl (C=O) groups is 2. The number of nitrogens with one attached hydrogen (secondary N) is 2. The average molecular weight is 269 g/mol. The van der Waals surface area contributed by atoms with Crippen molar-refractivity contribution >= 4 is 11.9 Å². The topological polar surface area (TPSA) is 61.4 Å². The quantitative estimate of drug-likeness (QED) is 0.747. The van der Waals surface area contributed by atoms with Gasteiger partial charge < -0.3 is 10.6 Å². The van der Waals surface area contributed by atoms with E-state index in [2.05, 4.69) is 31.4 Å². The van der Waals surface area contributed by atoms with Crippen LogP contribution in [0.15, 0.2) is 0 Å². The van der Waals surface area contributed by atoms with Crippen molar-refractivity contribution in [2.45, 2.75) is 59.0 Å². The Labute approximate surface area is 116 Å². The second-order valence-corrected chi connectivity index (χ2v) is 6.77. The first kappa shape index (κ1) is 16.0. The molecule has 1 aliphatic rings. The van der Waals surface area contributed by atoms with E-state index < -0.39 is 5.54 Å². The second kappa shape index (κ2) is 5.49. The van der Waals surface area contributed by atoms with Crippen LogP contribution in [0.5, 0.6) is 0 Å². The highest BCUT2D eigenvalue weighted by Crippen LogP contribution is 2.21. The molecular weight excluding hydrogens is 242 g/mol. The lowest BCUT2D eigenvalue weighted by Crippen LogP contribution is -2.44. The zero-order valence-corrected chi connectivity index (χ0v) is 13.0. The minimum Gasteiger partial charge on any atom is -0.323 e. The smallest absolute Gasteiger partial charge is 0.323 e. The second-order valence-electron chi connectivity index (χ2n) is 6.77. The lowest BCUT2D eigenvalue weighted by Gasteiger charge is -2.25. The molecule has 0 radical (unpaired) electrons. The molecule has 0 aromatic carbocycles. The number of urea groups is 1. The molecule has 0 spiro atoms. The number of rotatable bonds is 5. The molecule has 1 aliphatic heterocycles. The molecule has 2 atom stereocenters. The number of hydrogen-bond donors (Lipinski definition) is 2. The summed E-state index contributed by atoms with van der Waals surface area (Å²) in [6, 6.07) is -0.267. The van der Waals surface area contributed by atoms with Crippen molar-refractivity contribution in [1.29, 1.82) is 0 Å². The van der Waals surface area contributed by atoms with Crippen LogP contribution >= 0.6 is 0 Å². The predicted molar refractivity (Wildman–Crippen MR) is 75.9 cm³/mol. The lowest BCUT2D eigenvalue weighted by atomic mass is 9.99. The highest BCUT2D eigenvalue weighted by Gasteiger charge is 2.46. The van der Waals surface area contributed by atoms with Gasteiger partial charge in [-0.2, -0.15) is 0 Å². The average Bonchev–Trinajstić information content (AvgIpc) is 2.50. The summed E-state index contributed by atoms with van der Waals surface area (Å²) in [5.74, 6) is 0.121. The Kier molecular flexibility index (Phi) is 4.61. The SMILES string of the molecule is CCC1(C)NC(=O)N(CC(C)CNC(C)(C)C)C1=O. The van der Waals surface area contributed by atoms with Gasteiger partial charge in [-0.3, -0.25) is 9.69 Å². The third kappa shape index (κ3) is 3.93.